The molecular weight excluding hydrogens is 343 g/mol. The third-order valence-corrected chi connectivity index (χ3v) is 4.76. The average molecular weight is 364 g/mol. The maximum Gasteiger partial charge on any atom is 1.00 e. The van der Waals surface area contributed by atoms with Gasteiger partial charge in [0, 0.05) is 6.20 Å². The smallest absolute Gasteiger partial charge is 1.00 e. The fourth-order valence-corrected chi connectivity index (χ4v) is 3.61. The first kappa shape index (κ1) is 19.6. The number of benzene rings is 3. The van der Waals surface area contributed by atoms with Crippen molar-refractivity contribution in [2.24, 2.45) is 0 Å². The SMILES string of the molecule is OCc1cn(C(c2ccccc2)(c2ccccc2)c2ccccc2)cn1.[H-].[Na+]. The second-order valence-electron chi connectivity index (χ2n) is 6.24. The minimum atomic E-state index is -0.565. The number of aliphatic hydroxyl groups is 1. The van der Waals surface area contributed by atoms with E-state index < -0.39 is 5.54 Å². The van der Waals surface area contributed by atoms with Crippen molar-refractivity contribution in [1.29, 1.82) is 0 Å². The first-order chi connectivity index (χ1) is 12.9. The largest absolute Gasteiger partial charge is 1.00 e. The maximum atomic E-state index is 9.55. The predicted molar refractivity (Wildman–Crippen MR) is 104 cm³/mol. The molecule has 130 valence electrons. The summed E-state index contributed by atoms with van der Waals surface area (Å²) in [4.78, 5) is 4.39. The Balaban J connectivity index is 0.00000140. The van der Waals surface area contributed by atoms with E-state index in [1.54, 1.807) is 6.33 Å². The van der Waals surface area contributed by atoms with Crippen LogP contribution in [0.4, 0.5) is 0 Å². The van der Waals surface area contributed by atoms with Crippen LogP contribution in [0.3, 0.4) is 0 Å². The Labute approximate surface area is 183 Å². The van der Waals surface area contributed by atoms with Crippen LogP contribution < -0.4 is 29.6 Å². The summed E-state index contributed by atoms with van der Waals surface area (Å²) in [6, 6.07) is 31.2. The van der Waals surface area contributed by atoms with Gasteiger partial charge in [-0.25, -0.2) is 4.98 Å². The van der Waals surface area contributed by atoms with Crippen LogP contribution in [0.15, 0.2) is 104 Å². The van der Waals surface area contributed by atoms with Gasteiger partial charge in [0.15, 0.2) is 0 Å². The van der Waals surface area contributed by atoms with Gasteiger partial charge >= 0.3 is 29.6 Å². The van der Waals surface area contributed by atoms with Gasteiger partial charge in [-0.05, 0) is 16.7 Å². The predicted octanol–water partition coefficient (Wildman–Crippen LogP) is 1.33. The molecule has 0 amide bonds. The minimum absolute atomic E-state index is 0. The quantitative estimate of drug-likeness (QED) is 0.429. The molecule has 1 aromatic heterocycles. The number of aromatic nitrogens is 2. The van der Waals surface area contributed by atoms with Gasteiger partial charge < -0.3 is 11.1 Å². The monoisotopic (exact) mass is 364 g/mol. The van der Waals surface area contributed by atoms with Crippen molar-refractivity contribution in [3.05, 3.63) is 126 Å². The van der Waals surface area contributed by atoms with E-state index in [-0.39, 0.29) is 37.6 Å². The van der Waals surface area contributed by atoms with E-state index in [2.05, 4.69) is 82.3 Å². The molecule has 0 radical (unpaired) electrons. The standard InChI is InChI=1S/C23H20N2O.Na.H/c26-17-22-16-25(18-24-22)23(19-10-4-1-5-11-19,20-12-6-2-7-13-20)21-14-8-3-9-15-21;;/h1-16,18,26H,17H2;;/q;+1;-1. The number of hydrogen-bond acceptors (Lipinski definition) is 2. The van der Waals surface area contributed by atoms with Crippen molar-refractivity contribution in [3.63, 3.8) is 0 Å². The van der Waals surface area contributed by atoms with Crippen molar-refractivity contribution >= 4 is 0 Å². The van der Waals surface area contributed by atoms with Crippen molar-refractivity contribution < 1.29 is 36.1 Å². The fourth-order valence-electron chi connectivity index (χ4n) is 3.61. The van der Waals surface area contributed by atoms with Crippen molar-refractivity contribution in [1.82, 2.24) is 9.55 Å². The molecule has 0 bridgehead atoms. The van der Waals surface area contributed by atoms with E-state index >= 15 is 0 Å². The number of nitrogens with zero attached hydrogens (tertiary/aromatic N) is 2. The van der Waals surface area contributed by atoms with Gasteiger partial charge in [-0.15, -0.1) is 0 Å². The molecule has 4 rings (SSSR count). The topological polar surface area (TPSA) is 38.0 Å². The van der Waals surface area contributed by atoms with Gasteiger partial charge in [0.25, 0.3) is 0 Å². The second-order valence-corrected chi connectivity index (χ2v) is 6.24. The Morgan fingerprint density at radius 3 is 1.48 bits per heavy atom. The van der Waals surface area contributed by atoms with Crippen molar-refractivity contribution in [2.75, 3.05) is 0 Å². The molecule has 1 N–H and O–H groups in total. The molecule has 0 aliphatic carbocycles. The van der Waals surface area contributed by atoms with Crippen LogP contribution in [0.25, 0.3) is 0 Å². The Hall–Kier alpha value is -2.17. The van der Waals surface area contributed by atoms with Crippen molar-refractivity contribution in [3.8, 4) is 0 Å². The van der Waals surface area contributed by atoms with Crippen molar-refractivity contribution in [2.45, 2.75) is 12.1 Å². The molecule has 0 saturated heterocycles. The molecule has 3 nitrogen and oxygen atoms in total. The summed E-state index contributed by atoms with van der Waals surface area (Å²) in [6.45, 7) is -0.0819. The van der Waals surface area contributed by atoms with E-state index in [1.807, 2.05) is 24.4 Å². The molecule has 4 aromatic rings. The maximum absolute atomic E-state index is 9.55. The molecule has 1 heterocycles. The van der Waals surface area contributed by atoms with E-state index in [9.17, 15) is 5.11 Å². The number of hydrogen-bond donors (Lipinski definition) is 1. The van der Waals surface area contributed by atoms with Gasteiger partial charge in [-0.1, -0.05) is 91.0 Å². The molecule has 0 aliphatic heterocycles. The summed E-state index contributed by atoms with van der Waals surface area (Å²) >= 11 is 0. The van der Waals surface area contributed by atoms with Gasteiger partial charge in [0.05, 0.1) is 18.6 Å². The molecule has 0 aliphatic rings. The summed E-state index contributed by atoms with van der Waals surface area (Å²) in [5.74, 6) is 0. The summed E-state index contributed by atoms with van der Waals surface area (Å²) in [5.41, 5.74) is 3.50. The van der Waals surface area contributed by atoms with Gasteiger partial charge in [-0.3, -0.25) is 0 Å². The molecule has 0 spiro atoms. The summed E-state index contributed by atoms with van der Waals surface area (Å²) in [6.07, 6.45) is 3.73. The first-order valence-corrected chi connectivity index (χ1v) is 8.66. The van der Waals surface area contributed by atoms with Gasteiger partial charge in [-0.2, -0.15) is 0 Å². The van der Waals surface area contributed by atoms with Crippen LogP contribution in [-0.2, 0) is 12.1 Å². The van der Waals surface area contributed by atoms with Gasteiger partial charge in [0.2, 0.25) is 0 Å². The zero-order valence-electron chi connectivity index (χ0n) is 16.4. The Morgan fingerprint density at radius 2 is 1.15 bits per heavy atom. The van der Waals surface area contributed by atoms with Crippen LogP contribution in [0.1, 0.15) is 23.8 Å². The molecule has 4 heteroatoms. The first-order valence-electron chi connectivity index (χ1n) is 8.66. The van der Waals surface area contributed by atoms with Crippen LogP contribution >= 0.6 is 0 Å². The van der Waals surface area contributed by atoms with E-state index in [4.69, 9.17) is 0 Å². The molecule has 0 atom stereocenters. The number of rotatable bonds is 5. The van der Waals surface area contributed by atoms with Gasteiger partial charge in [0.1, 0.15) is 5.54 Å². The molecule has 0 unspecified atom stereocenters. The van der Waals surface area contributed by atoms with Crippen LogP contribution in [0.5, 0.6) is 0 Å². The Kier molecular flexibility index (Phi) is 6.30. The third kappa shape index (κ3) is 3.52. The third-order valence-electron chi connectivity index (χ3n) is 4.76. The van der Waals surface area contributed by atoms with Crippen LogP contribution in [0, 0.1) is 0 Å². The Bertz CT molecular complexity index is 879. The fraction of sp³-hybridized carbons (Fsp3) is 0.0870. The second kappa shape index (κ2) is 8.68. The molecule has 0 saturated carbocycles. The number of imidazole rings is 1. The van der Waals surface area contributed by atoms with E-state index in [0.29, 0.717) is 5.69 Å². The minimum Gasteiger partial charge on any atom is -1.00 e. The molecular formula is C23H21N2NaO. The average Bonchev–Trinajstić information content (AvgIpc) is 3.21. The number of aliphatic hydroxyl groups excluding tert-OH is 1. The summed E-state index contributed by atoms with van der Waals surface area (Å²) in [5, 5.41) is 9.55. The van der Waals surface area contributed by atoms with Crippen LogP contribution in [-0.4, -0.2) is 14.7 Å². The summed E-state index contributed by atoms with van der Waals surface area (Å²) < 4.78 is 2.10. The van der Waals surface area contributed by atoms with E-state index in [1.165, 1.54) is 0 Å². The Morgan fingerprint density at radius 1 is 0.741 bits per heavy atom. The van der Waals surface area contributed by atoms with Crippen LogP contribution in [0.2, 0.25) is 0 Å². The molecule has 27 heavy (non-hydrogen) atoms. The molecule has 3 aromatic carbocycles. The molecule has 0 fully saturated rings. The zero-order valence-corrected chi connectivity index (χ0v) is 17.4. The summed E-state index contributed by atoms with van der Waals surface area (Å²) in [7, 11) is 0. The van der Waals surface area contributed by atoms with E-state index in [0.717, 1.165) is 16.7 Å². The zero-order chi connectivity index (χ0) is 17.8. The normalized spacial score (nSPS) is 11.0.